The number of aryl methyl sites for hydroxylation is 2. The van der Waals surface area contributed by atoms with E-state index in [9.17, 15) is 14.4 Å². The number of carbonyl (C=O) groups is 2. The molecular weight excluding hydrogens is 386 g/mol. The summed E-state index contributed by atoms with van der Waals surface area (Å²) in [5.74, 6) is -1.74. The highest BCUT2D eigenvalue weighted by atomic mass is 35.5. The van der Waals surface area contributed by atoms with Gasteiger partial charge in [0, 0.05) is 18.1 Å². The van der Waals surface area contributed by atoms with Gasteiger partial charge in [0.25, 0.3) is 5.91 Å². The highest BCUT2D eigenvalue weighted by Gasteiger charge is 2.23. The molecule has 0 unspecified atom stereocenters. The van der Waals surface area contributed by atoms with E-state index in [4.69, 9.17) is 20.8 Å². The standard InChI is InChI=1S/C19H18ClN3O5/c1-9-17(10(2)23(4)22-9)21-18(25)11(3)27-19(26)16-8-14(24)13-7-12(20)5-6-15(13)28-16/h5-8,11H,1-4H3,(H,21,25)/t11-/m1/s1. The van der Waals surface area contributed by atoms with Crippen LogP contribution in [0.25, 0.3) is 11.0 Å². The number of rotatable bonds is 4. The maximum absolute atomic E-state index is 12.4. The van der Waals surface area contributed by atoms with Crippen molar-refractivity contribution in [3.8, 4) is 0 Å². The molecule has 2 aromatic heterocycles. The molecule has 1 N–H and O–H groups in total. The highest BCUT2D eigenvalue weighted by Crippen LogP contribution is 2.20. The zero-order chi connectivity index (χ0) is 20.6. The third kappa shape index (κ3) is 3.77. The van der Waals surface area contributed by atoms with Crippen molar-refractivity contribution in [2.45, 2.75) is 26.9 Å². The van der Waals surface area contributed by atoms with Gasteiger partial charge in [-0.1, -0.05) is 11.6 Å². The van der Waals surface area contributed by atoms with Crippen LogP contribution in [0.1, 0.15) is 28.9 Å². The largest absolute Gasteiger partial charge is 0.449 e. The number of nitrogens with zero attached hydrogens (tertiary/aromatic N) is 2. The lowest BCUT2D eigenvalue weighted by atomic mass is 10.2. The van der Waals surface area contributed by atoms with E-state index >= 15 is 0 Å². The van der Waals surface area contributed by atoms with Crippen LogP contribution in [-0.2, 0) is 16.6 Å². The Kier molecular flexibility index (Phi) is 5.24. The molecule has 0 aliphatic heterocycles. The van der Waals surface area contributed by atoms with Gasteiger partial charge in [0.05, 0.1) is 22.5 Å². The first-order chi connectivity index (χ1) is 13.2. The van der Waals surface area contributed by atoms with Crippen LogP contribution in [0.3, 0.4) is 0 Å². The van der Waals surface area contributed by atoms with Crippen LogP contribution in [0, 0.1) is 13.8 Å². The molecule has 0 spiro atoms. The van der Waals surface area contributed by atoms with E-state index in [2.05, 4.69) is 10.4 Å². The van der Waals surface area contributed by atoms with E-state index < -0.39 is 23.4 Å². The fourth-order valence-electron chi connectivity index (χ4n) is 2.68. The molecule has 28 heavy (non-hydrogen) atoms. The number of aromatic nitrogens is 2. The molecule has 9 heteroatoms. The lowest BCUT2D eigenvalue weighted by molar-refractivity contribution is -0.123. The summed E-state index contributed by atoms with van der Waals surface area (Å²) in [7, 11) is 1.76. The number of esters is 1. The van der Waals surface area contributed by atoms with Crippen LogP contribution < -0.4 is 10.7 Å². The van der Waals surface area contributed by atoms with Crippen LogP contribution in [0.5, 0.6) is 0 Å². The van der Waals surface area contributed by atoms with E-state index in [0.717, 1.165) is 11.8 Å². The minimum atomic E-state index is -1.11. The zero-order valence-corrected chi connectivity index (χ0v) is 16.5. The molecule has 146 valence electrons. The van der Waals surface area contributed by atoms with Gasteiger partial charge in [-0.05, 0) is 39.0 Å². The van der Waals surface area contributed by atoms with Crippen molar-refractivity contribution in [2.75, 3.05) is 5.32 Å². The minimum Gasteiger partial charge on any atom is -0.449 e. The van der Waals surface area contributed by atoms with E-state index in [1.165, 1.54) is 25.1 Å². The Morgan fingerprint density at radius 1 is 1.29 bits per heavy atom. The zero-order valence-electron chi connectivity index (χ0n) is 15.7. The average Bonchev–Trinajstić information content (AvgIpc) is 2.88. The van der Waals surface area contributed by atoms with E-state index in [1.54, 1.807) is 18.7 Å². The summed E-state index contributed by atoms with van der Waals surface area (Å²) >= 11 is 5.86. The van der Waals surface area contributed by atoms with Gasteiger partial charge in [0.1, 0.15) is 5.58 Å². The van der Waals surface area contributed by atoms with Gasteiger partial charge >= 0.3 is 5.97 Å². The van der Waals surface area contributed by atoms with Crippen molar-refractivity contribution in [1.82, 2.24) is 9.78 Å². The lowest BCUT2D eigenvalue weighted by Gasteiger charge is -2.13. The fourth-order valence-corrected chi connectivity index (χ4v) is 2.85. The number of anilines is 1. The van der Waals surface area contributed by atoms with Crippen LogP contribution >= 0.6 is 11.6 Å². The smallest absolute Gasteiger partial charge is 0.375 e. The molecule has 1 aromatic carbocycles. The molecule has 2 heterocycles. The van der Waals surface area contributed by atoms with Crippen LogP contribution in [0.15, 0.2) is 33.5 Å². The predicted molar refractivity (Wildman–Crippen MR) is 104 cm³/mol. The molecule has 0 aliphatic rings. The van der Waals surface area contributed by atoms with Crippen LogP contribution in [0.4, 0.5) is 5.69 Å². The maximum Gasteiger partial charge on any atom is 0.375 e. The fraction of sp³-hybridized carbons (Fsp3) is 0.263. The van der Waals surface area contributed by atoms with E-state index in [0.29, 0.717) is 16.4 Å². The first-order valence-corrected chi connectivity index (χ1v) is 8.80. The summed E-state index contributed by atoms with van der Waals surface area (Å²) in [5.41, 5.74) is 1.73. The van der Waals surface area contributed by atoms with Crippen molar-refractivity contribution in [3.63, 3.8) is 0 Å². The Morgan fingerprint density at radius 3 is 2.64 bits per heavy atom. The molecule has 1 atom stereocenters. The Bertz CT molecular complexity index is 1150. The molecule has 0 saturated heterocycles. The number of carbonyl (C=O) groups excluding carboxylic acids is 2. The normalized spacial score (nSPS) is 12.0. The first-order valence-electron chi connectivity index (χ1n) is 8.43. The molecule has 0 aliphatic carbocycles. The SMILES string of the molecule is Cc1nn(C)c(C)c1NC(=O)[C@@H](C)OC(=O)c1cc(=O)c2cc(Cl)ccc2o1. The number of hydrogen-bond acceptors (Lipinski definition) is 6. The number of benzene rings is 1. The number of amides is 1. The van der Waals surface area contributed by atoms with Gasteiger partial charge in [0.15, 0.2) is 11.5 Å². The van der Waals surface area contributed by atoms with Gasteiger partial charge in [0.2, 0.25) is 5.76 Å². The van der Waals surface area contributed by atoms with Gasteiger partial charge in [-0.2, -0.15) is 5.10 Å². The number of ether oxygens (including phenoxy) is 1. The summed E-state index contributed by atoms with van der Waals surface area (Å²) in [6.45, 7) is 4.99. The Balaban J connectivity index is 1.76. The molecule has 8 nitrogen and oxygen atoms in total. The third-order valence-electron chi connectivity index (χ3n) is 4.30. The second kappa shape index (κ2) is 7.47. The predicted octanol–water partition coefficient (Wildman–Crippen LogP) is 2.98. The molecule has 0 fully saturated rings. The summed E-state index contributed by atoms with van der Waals surface area (Å²) in [4.78, 5) is 36.9. The summed E-state index contributed by atoms with van der Waals surface area (Å²) in [6, 6.07) is 5.49. The highest BCUT2D eigenvalue weighted by molar-refractivity contribution is 6.31. The lowest BCUT2D eigenvalue weighted by Crippen LogP contribution is -2.30. The van der Waals surface area contributed by atoms with Crippen molar-refractivity contribution in [3.05, 3.63) is 56.7 Å². The summed E-state index contributed by atoms with van der Waals surface area (Å²) < 4.78 is 12.2. The topological polar surface area (TPSA) is 103 Å². The summed E-state index contributed by atoms with van der Waals surface area (Å²) in [6.07, 6.45) is -1.11. The van der Waals surface area contributed by atoms with Crippen LogP contribution in [0.2, 0.25) is 5.02 Å². The van der Waals surface area contributed by atoms with Gasteiger partial charge in [-0.3, -0.25) is 14.3 Å². The van der Waals surface area contributed by atoms with Gasteiger partial charge in [-0.15, -0.1) is 0 Å². The monoisotopic (exact) mass is 403 g/mol. The molecule has 3 rings (SSSR count). The second-order valence-corrected chi connectivity index (χ2v) is 6.76. The number of fused-ring (bicyclic) bond motifs is 1. The Labute approximate surface area is 165 Å². The first kappa shape index (κ1) is 19.6. The molecule has 3 aromatic rings. The number of hydrogen-bond donors (Lipinski definition) is 1. The molecule has 0 bridgehead atoms. The van der Waals surface area contributed by atoms with Crippen molar-refractivity contribution in [2.24, 2.45) is 7.05 Å². The average molecular weight is 404 g/mol. The molecule has 1 amide bonds. The number of halogens is 1. The minimum absolute atomic E-state index is 0.197. The van der Waals surface area contributed by atoms with Crippen LogP contribution in [-0.4, -0.2) is 27.8 Å². The third-order valence-corrected chi connectivity index (χ3v) is 4.54. The maximum atomic E-state index is 12.4. The molecule has 0 radical (unpaired) electrons. The van der Waals surface area contributed by atoms with Crippen molar-refractivity contribution in [1.29, 1.82) is 0 Å². The second-order valence-electron chi connectivity index (χ2n) is 6.32. The quantitative estimate of drug-likeness (QED) is 0.671. The van der Waals surface area contributed by atoms with Gasteiger partial charge in [-0.25, -0.2) is 4.79 Å². The Morgan fingerprint density at radius 2 is 2.00 bits per heavy atom. The van der Waals surface area contributed by atoms with Gasteiger partial charge < -0.3 is 14.5 Å². The number of nitrogens with one attached hydrogen (secondary N) is 1. The van der Waals surface area contributed by atoms with E-state index in [1.807, 2.05) is 6.92 Å². The van der Waals surface area contributed by atoms with E-state index in [-0.39, 0.29) is 16.7 Å². The van der Waals surface area contributed by atoms with Crippen molar-refractivity contribution >= 4 is 40.1 Å². The molecule has 0 saturated carbocycles. The Hall–Kier alpha value is -3.13. The van der Waals surface area contributed by atoms with Crippen molar-refractivity contribution < 1.29 is 18.7 Å². The molecular formula is C19H18ClN3O5. The summed E-state index contributed by atoms with van der Waals surface area (Å²) in [5, 5.41) is 7.53.